The highest BCUT2D eigenvalue weighted by molar-refractivity contribution is 5.25. The number of aromatic nitrogens is 2. The van der Waals surface area contributed by atoms with E-state index in [4.69, 9.17) is 10.8 Å². The number of hydrogen-bond acceptors (Lipinski definition) is 2. The van der Waals surface area contributed by atoms with E-state index in [0.29, 0.717) is 6.04 Å². The van der Waals surface area contributed by atoms with Crippen LogP contribution < -0.4 is 5.73 Å². The van der Waals surface area contributed by atoms with E-state index in [1.807, 2.05) is 0 Å². The molecule has 0 amide bonds. The lowest BCUT2D eigenvalue weighted by atomic mass is 9.96. The average Bonchev–Trinajstić information content (AvgIpc) is 2.97. The molecule has 1 aliphatic rings. The number of rotatable bonds is 4. The Balaban J connectivity index is 1.66. The first kappa shape index (κ1) is 14.3. The zero-order valence-corrected chi connectivity index (χ0v) is 12.8. The van der Waals surface area contributed by atoms with E-state index in [1.54, 1.807) is 0 Å². The quantitative estimate of drug-likeness (QED) is 0.923. The third kappa shape index (κ3) is 3.53. The van der Waals surface area contributed by atoms with Gasteiger partial charge in [-0.3, -0.25) is 4.68 Å². The fourth-order valence-electron chi connectivity index (χ4n) is 3.28. The summed E-state index contributed by atoms with van der Waals surface area (Å²) in [5.74, 6) is 0. The molecule has 1 heterocycles. The van der Waals surface area contributed by atoms with E-state index in [-0.39, 0.29) is 6.04 Å². The monoisotopic (exact) mass is 283 g/mol. The van der Waals surface area contributed by atoms with Gasteiger partial charge >= 0.3 is 0 Å². The van der Waals surface area contributed by atoms with Crippen LogP contribution in [0.2, 0.25) is 0 Å². The number of aryl methyl sites for hydroxylation is 1. The van der Waals surface area contributed by atoms with E-state index in [2.05, 4.69) is 48.1 Å². The van der Waals surface area contributed by atoms with Crippen molar-refractivity contribution in [1.82, 2.24) is 9.78 Å². The lowest BCUT2D eigenvalue weighted by molar-refractivity contribution is 0.328. The summed E-state index contributed by atoms with van der Waals surface area (Å²) in [6.45, 7) is 2.11. The van der Waals surface area contributed by atoms with Crippen molar-refractivity contribution in [2.45, 2.75) is 57.5 Å². The van der Waals surface area contributed by atoms with Crippen LogP contribution in [0.4, 0.5) is 0 Å². The van der Waals surface area contributed by atoms with Crippen LogP contribution in [0.1, 0.15) is 61.0 Å². The largest absolute Gasteiger partial charge is 0.324 e. The highest BCUT2D eigenvalue weighted by Gasteiger charge is 2.17. The van der Waals surface area contributed by atoms with Crippen LogP contribution in [0.15, 0.2) is 36.5 Å². The average molecular weight is 283 g/mol. The number of benzene rings is 1. The zero-order valence-electron chi connectivity index (χ0n) is 12.8. The molecule has 0 bridgehead atoms. The molecule has 1 aliphatic carbocycles. The molecule has 1 unspecified atom stereocenters. The second-order valence-electron chi connectivity index (χ2n) is 6.30. The minimum absolute atomic E-state index is 0.0274. The lowest BCUT2D eigenvalue weighted by Gasteiger charge is -2.21. The first-order chi connectivity index (χ1) is 10.2. The van der Waals surface area contributed by atoms with Gasteiger partial charge in [-0.05, 0) is 31.4 Å². The Bertz CT molecular complexity index is 582. The van der Waals surface area contributed by atoms with Gasteiger partial charge in [0, 0.05) is 18.7 Å². The van der Waals surface area contributed by atoms with Gasteiger partial charge in [-0.25, -0.2) is 0 Å². The van der Waals surface area contributed by atoms with Crippen LogP contribution in [-0.2, 0) is 6.42 Å². The van der Waals surface area contributed by atoms with E-state index in [0.717, 1.165) is 12.1 Å². The molecule has 0 aliphatic heterocycles. The van der Waals surface area contributed by atoms with Crippen LogP contribution in [0.5, 0.6) is 0 Å². The smallest absolute Gasteiger partial charge is 0.0643 e. The van der Waals surface area contributed by atoms with Crippen molar-refractivity contribution in [1.29, 1.82) is 0 Å². The predicted octanol–water partition coefficient (Wildman–Crippen LogP) is 3.94. The second kappa shape index (κ2) is 6.44. The molecule has 3 heteroatoms. The van der Waals surface area contributed by atoms with Crippen LogP contribution in [-0.4, -0.2) is 9.78 Å². The molecule has 3 nitrogen and oxygen atoms in total. The Morgan fingerprint density at radius 2 is 2.05 bits per heavy atom. The highest BCUT2D eigenvalue weighted by atomic mass is 15.3. The second-order valence-corrected chi connectivity index (χ2v) is 6.30. The maximum Gasteiger partial charge on any atom is 0.0643 e. The van der Waals surface area contributed by atoms with Gasteiger partial charge in [0.1, 0.15) is 0 Å². The summed E-state index contributed by atoms with van der Waals surface area (Å²) in [7, 11) is 0. The van der Waals surface area contributed by atoms with E-state index >= 15 is 0 Å². The molecular formula is C18H25N3. The van der Waals surface area contributed by atoms with Gasteiger partial charge in [0.15, 0.2) is 0 Å². The maximum absolute atomic E-state index is 6.33. The molecule has 0 saturated heterocycles. The molecule has 1 atom stereocenters. The topological polar surface area (TPSA) is 43.8 Å². The Labute approximate surface area is 127 Å². The van der Waals surface area contributed by atoms with Gasteiger partial charge in [-0.1, -0.05) is 49.1 Å². The number of hydrogen-bond donors (Lipinski definition) is 1. The molecule has 21 heavy (non-hydrogen) atoms. The highest BCUT2D eigenvalue weighted by Crippen LogP contribution is 2.27. The van der Waals surface area contributed by atoms with Gasteiger partial charge in [0.05, 0.1) is 11.7 Å². The Morgan fingerprint density at radius 3 is 2.81 bits per heavy atom. The molecule has 1 aromatic heterocycles. The molecule has 112 valence electrons. The fourth-order valence-corrected chi connectivity index (χ4v) is 3.28. The first-order valence-corrected chi connectivity index (χ1v) is 8.08. The Hall–Kier alpha value is -1.61. The number of nitrogens with zero attached hydrogens (tertiary/aromatic N) is 2. The predicted molar refractivity (Wildman–Crippen MR) is 86.2 cm³/mol. The third-order valence-electron chi connectivity index (χ3n) is 4.51. The van der Waals surface area contributed by atoms with Crippen LogP contribution in [0.3, 0.4) is 0 Å². The fraction of sp³-hybridized carbons (Fsp3) is 0.500. The van der Waals surface area contributed by atoms with Crippen molar-refractivity contribution in [3.63, 3.8) is 0 Å². The summed E-state index contributed by atoms with van der Waals surface area (Å²) in [5.41, 5.74) is 9.90. The Kier molecular flexibility index (Phi) is 4.39. The van der Waals surface area contributed by atoms with Crippen molar-refractivity contribution in [3.05, 3.63) is 53.3 Å². The van der Waals surface area contributed by atoms with Crippen molar-refractivity contribution in [2.75, 3.05) is 0 Å². The molecule has 0 spiro atoms. The summed E-state index contributed by atoms with van der Waals surface area (Å²) in [6, 6.07) is 11.2. The molecule has 0 radical (unpaired) electrons. The lowest BCUT2D eigenvalue weighted by Crippen LogP contribution is -2.16. The first-order valence-electron chi connectivity index (χ1n) is 8.08. The minimum atomic E-state index is 0.0274. The number of nitrogens with two attached hydrogens (primary N) is 1. The standard InChI is InChI=1S/C18H25N3/c1-14-6-5-7-15(12-14)18(19)13-16-10-11-21(20-16)17-8-3-2-4-9-17/h5-7,10-12,17-18H,2-4,8-9,13,19H2,1H3. The van der Waals surface area contributed by atoms with Gasteiger partial charge in [-0.15, -0.1) is 0 Å². The summed E-state index contributed by atoms with van der Waals surface area (Å²) < 4.78 is 2.16. The van der Waals surface area contributed by atoms with Gasteiger partial charge in [-0.2, -0.15) is 5.10 Å². The molecule has 1 aromatic carbocycles. The minimum Gasteiger partial charge on any atom is -0.324 e. The van der Waals surface area contributed by atoms with Crippen molar-refractivity contribution in [3.8, 4) is 0 Å². The normalized spacial score (nSPS) is 17.8. The molecular weight excluding hydrogens is 258 g/mol. The summed E-state index contributed by atoms with van der Waals surface area (Å²) >= 11 is 0. The van der Waals surface area contributed by atoms with Gasteiger partial charge in [0.25, 0.3) is 0 Å². The summed E-state index contributed by atoms with van der Waals surface area (Å²) in [6.07, 6.45) is 9.53. The summed E-state index contributed by atoms with van der Waals surface area (Å²) in [4.78, 5) is 0. The molecule has 1 fully saturated rings. The van der Waals surface area contributed by atoms with Crippen LogP contribution in [0.25, 0.3) is 0 Å². The van der Waals surface area contributed by atoms with E-state index in [9.17, 15) is 0 Å². The zero-order chi connectivity index (χ0) is 14.7. The van der Waals surface area contributed by atoms with Crippen molar-refractivity contribution in [2.24, 2.45) is 5.73 Å². The van der Waals surface area contributed by atoms with Crippen molar-refractivity contribution < 1.29 is 0 Å². The summed E-state index contributed by atoms with van der Waals surface area (Å²) in [5, 5.41) is 4.76. The molecule has 1 saturated carbocycles. The van der Waals surface area contributed by atoms with E-state index in [1.165, 1.54) is 43.2 Å². The third-order valence-corrected chi connectivity index (χ3v) is 4.51. The Morgan fingerprint density at radius 1 is 1.24 bits per heavy atom. The molecule has 2 N–H and O–H groups in total. The molecule has 3 rings (SSSR count). The van der Waals surface area contributed by atoms with E-state index < -0.39 is 0 Å². The van der Waals surface area contributed by atoms with Gasteiger partial charge < -0.3 is 5.73 Å². The maximum atomic E-state index is 6.33. The van der Waals surface area contributed by atoms with Crippen LogP contribution >= 0.6 is 0 Å². The van der Waals surface area contributed by atoms with Crippen LogP contribution in [0, 0.1) is 6.92 Å². The molecule has 2 aromatic rings. The van der Waals surface area contributed by atoms with Gasteiger partial charge in [0.2, 0.25) is 0 Å². The van der Waals surface area contributed by atoms with Crippen molar-refractivity contribution >= 4 is 0 Å². The SMILES string of the molecule is Cc1cccc(C(N)Cc2ccn(C3CCCCC3)n2)c1.